The van der Waals surface area contributed by atoms with Crippen LogP contribution in [0.4, 0.5) is 0 Å². The molecule has 0 amide bonds. The van der Waals surface area contributed by atoms with Crippen molar-refractivity contribution in [3.8, 4) is 6.07 Å². The van der Waals surface area contributed by atoms with Gasteiger partial charge >= 0.3 is 5.69 Å². The molecule has 0 saturated carbocycles. The van der Waals surface area contributed by atoms with Gasteiger partial charge in [-0.3, -0.25) is 9.78 Å². The van der Waals surface area contributed by atoms with Crippen LogP contribution in [0.15, 0.2) is 9.59 Å². The number of hydrogen-bond acceptors (Lipinski definition) is 5. The fourth-order valence-corrected chi connectivity index (χ4v) is 1.88. The highest BCUT2D eigenvalue weighted by molar-refractivity contribution is 6.76. The van der Waals surface area contributed by atoms with Gasteiger partial charge in [-0.1, -0.05) is 19.6 Å². The first-order chi connectivity index (χ1) is 8.33. The van der Waals surface area contributed by atoms with Gasteiger partial charge in [0.2, 0.25) is 5.69 Å². The zero-order valence-corrected chi connectivity index (χ0v) is 11.7. The minimum Gasteiger partial charge on any atom is -0.359 e. The maximum Gasteiger partial charge on any atom is 0.347 e. The van der Waals surface area contributed by atoms with Gasteiger partial charge in [0, 0.05) is 14.7 Å². The van der Waals surface area contributed by atoms with Crippen molar-refractivity contribution < 1.29 is 4.74 Å². The van der Waals surface area contributed by atoms with Crippen molar-refractivity contribution in [3.05, 3.63) is 26.5 Å². The predicted octanol–water partition coefficient (Wildman–Crippen LogP) is 0.116. The van der Waals surface area contributed by atoms with Gasteiger partial charge in [0.05, 0.1) is 0 Å². The van der Waals surface area contributed by atoms with Crippen LogP contribution < -0.4 is 11.2 Å². The van der Waals surface area contributed by atoms with Gasteiger partial charge in [-0.15, -0.1) is 5.10 Å². The van der Waals surface area contributed by atoms with E-state index in [1.165, 1.54) is 0 Å². The lowest BCUT2D eigenvalue weighted by atomic mass is 10.5. The third-order valence-corrected chi connectivity index (χ3v) is 3.91. The van der Waals surface area contributed by atoms with Crippen LogP contribution in [-0.4, -0.2) is 29.4 Å². The lowest BCUT2D eigenvalue weighted by molar-refractivity contribution is 0.0734. The van der Waals surface area contributed by atoms with Gasteiger partial charge in [0.1, 0.15) is 12.8 Å². The molecule has 18 heavy (non-hydrogen) atoms. The molecule has 1 N–H and O–H groups in total. The number of H-pyrrole nitrogens is 1. The molecule has 1 aromatic rings. The molecule has 0 spiro atoms. The molecule has 98 valence electrons. The Morgan fingerprint density at radius 2 is 2.11 bits per heavy atom. The summed E-state index contributed by atoms with van der Waals surface area (Å²) in [5, 5.41) is 12.2. The normalized spacial score (nSPS) is 11.2. The summed E-state index contributed by atoms with van der Waals surface area (Å²) >= 11 is 0. The average molecular weight is 268 g/mol. The molecule has 0 aliphatic carbocycles. The molecule has 0 atom stereocenters. The zero-order chi connectivity index (χ0) is 13.8. The van der Waals surface area contributed by atoms with Crippen molar-refractivity contribution in [3.63, 3.8) is 0 Å². The Morgan fingerprint density at radius 3 is 2.67 bits per heavy atom. The molecule has 0 fully saturated rings. The number of nitrogens with one attached hydrogen (secondary N) is 1. The first kappa shape index (κ1) is 14.3. The SMILES string of the molecule is C[Si](C)(C)CCOCn1nc(C#N)c(=O)[nH]c1=O. The van der Waals surface area contributed by atoms with Gasteiger partial charge in [0.25, 0.3) is 5.56 Å². The Kier molecular flexibility index (Phi) is 4.58. The first-order valence-electron chi connectivity index (χ1n) is 5.53. The number of aromatic nitrogens is 3. The van der Waals surface area contributed by atoms with E-state index in [1.54, 1.807) is 6.07 Å². The first-order valence-corrected chi connectivity index (χ1v) is 9.23. The number of hydrogen-bond donors (Lipinski definition) is 1. The van der Waals surface area contributed by atoms with E-state index in [-0.39, 0.29) is 12.4 Å². The van der Waals surface area contributed by atoms with E-state index >= 15 is 0 Å². The molecule has 0 aromatic carbocycles. The molecule has 1 heterocycles. The van der Waals surface area contributed by atoms with Crippen molar-refractivity contribution in [2.24, 2.45) is 0 Å². The highest BCUT2D eigenvalue weighted by Crippen LogP contribution is 2.07. The Hall–Kier alpha value is -1.72. The second kappa shape index (κ2) is 5.75. The lowest BCUT2D eigenvalue weighted by Gasteiger charge is -2.15. The molecular weight excluding hydrogens is 252 g/mol. The van der Waals surface area contributed by atoms with E-state index in [2.05, 4.69) is 24.7 Å². The Balaban J connectivity index is 2.67. The molecule has 0 unspecified atom stereocenters. The van der Waals surface area contributed by atoms with Crippen molar-refractivity contribution >= 4 is 8.07 Å². The summed E-state index contributed by atoms with van der Waals surface area (Å²) in [4.78, 5) is 24.5. The van der Waals surface area contributed by atoms with Gasteiger partial charge < -0.3 is 4.74 Å². The lowest BCUT2D eigenvalue weighted by Crippen LogP contribution is -2.35. The molecule has 1 rings (SSSR count). The maximum absolute atomic E-state index is 11.4. The van der Waals surface area contributed by atoms with Crippen LogP contribution in [0, 0.1) is 11.3 Å². The molecule has 0 aliphatic heterocycles. The van der Waals surface area contributed by atoms with Crippen LogP contribution in [-0.2, 0) is 11.5 Å². The fourth-order valence-electron chi connectivity index (χ4n) is 1.12. The largest absolute Gasteiger partial charge is 0.359 e. The number of aromatic amines is 1. The minimum atomic E-state index is -1.18. The van der Waals surface area contributed by atoms with Crippen molar-refractivity contribution in [2.75, 3.05) is 6.61 Å². The van der Waals surface area contributed by atoms with E-state index < -0.39 is 19.3 Å². The summed E-state index contributed by atoms with van der Waals surface area (Å²) < 4.78 is 6.25. The topological polar surface area (TPSA) is 101 Å². The van der Waals surface area contributed by atoms with E-state index in [0.29, 0.717) is 6.61 Å². The third-order valence-electron chi connectivity index (χ3n) is 2.21. The van der Waals surface area contributed by atoms with E-state index in [4.69, 9.17) is 10.00 Å². The Morgan fingerprint density at radius 1 is 1.44 bits per heavy atom. The zero-order valence-electron chi connectivity index (χ0n) is 10.7. The van der Waals surface area contributed by atoms with Crippen molar-refractivity contribution in [2.45, 2.75) is 32.4 Å². The van der Waals surface area contributed by atoms with E-state index in [1.807, 2.05) is 4.98 Å². The van der Waals surface area contributed by atoms with Gasteiger partial charge in [-0.2, -0.15) is 9.94 Å². The highest BCUT2D eigenvalue weighted by Gasteiger charge is 2.12. The molecule has 8 heteroatoms. The van der Waals surface area contributed by atoms with Gasteiger partial charge in [-0.25, -0.2) is 4.79 Å². The summed E-state index contributed by atoms with van der Waals surface area (Å²) in [6, 6.07) is 2.58. The summed E-state index contributed by atoms with van der Waals surface area (Å²) in [6.07, 6.45) is 0. The monoisotopic (exact) mass is 268 g/mol. The van der Waals surface area contributed by atoms with Gasteiger partial charge in [0.15, 0.2) is 0 Å². The molecule has 0 bridgehead atoms. The van der Waals surface area contributed by atoms with Crippen LogP contribution in [0.2, 0.25) is 25.7 Å². The van der Waals surface area contributed by atoms with Crippen LogP contribution in [0.1, 0.15) is 5.69 Å². The number of nitrogens with zero attached hydrogens (tertiary/aromatic N) is 3. The maximum atomic E-state index is 11.4. The molecule has 0 saturated heterocycles. The summed E-state index contributed by atoms with van der Waals surface area (Å²) in [6.45, 7) is 7.12. The molecule has 7 nitrogen and oxygen atoms in total. The minimum absolute atomic E-state index is 0.0607. The molecule has 0 aliphatic rings. The molecule has 1 aromatic heterocycles. The Labute approximate surface area is 105 Å². The van der Waals surface area contributed by atoms with Crippen LogP contribution in [0.5, 0.6) is 0 Å². The van der Waals surface area contributed by atoms with Gasteiger partial charge in [-0.05, 0) is 6.04 Å². The van der Waals surface area contributed by atoms with E-state index in [0.717, 1.165) is 10.7 Å². The average Bonchev–Trinajstić information content (AvgIpc) is 2.25. The number of rotatable bonds is 5. The summed E-state index contributed by atoms with van der Waals surface area (Å²) in [5.41, 5.74) is -1.80. The quantitative estimate of drug-likeness (QED) is 0.603. The predicted molar refractivity (Wildman–Crippen MR) is 67.9 cm³/mol. The van der Waals surface area contributed by atoms with Crippen LogP contribution in [0.25, 0.3) is 0 Å². The molecule has 0 radical (unpaired) electrons. The summed E-state index contributed by atoms with van der Waals surface area (Å²) in [7, 11) is -1.18. The smallest absolute Gasteiger partial charge is 0.347 e. The van der Waals surface area contributed by atoms with E-state index in [9.17, 15) is 9.59 Å². The second-order valence-electron chi connectivity index (χ2n) is 5.07. The Bertz CT molecular complexity index is 564. The molecular formula is C10H16N4O3Si. The van der Waals surface area contributed by atoms with Crippen LogP contribution in [0.3, 0.4) is 0 Å². The van der Waals surface area contributed by atoms with Crippen molar-refractivity contribution in [1.82, 2.24) is 14.8 Å². The fraction of sp³-hybridized carbons (Fsp3) is 0.600. The summed E-state index contributed by atoms with van der Waals surface area (Å²) in [5.74, 6) is 0. The number of ether oxygens (including phenoxy) is 1. The number of nitriles is 1. The standard InChI is InChI=1S/C10H16N4O3Si/c1-18(2,3)5-4-17-7-14-10(16)12-9(15)8(6-11)13-14/h4-5,7H2,1-3H3,(H,12,15,16). The second-order valence-corrected chi connectivity index (χ2v) is 10.7. The van der Waals surface area contributed by atoms with Crippen LogP contribution >= 0.6 is 0 Å². The third kappa shape index (κ3) is 4.27. The highest BCUT2D eigenvalue weighted by atomic mass is 28.3. The van der Waals surface area contributed by atoms with Crippen molar-refractivity contribution in [1.29, 1.82) is 5.26 Å².